The summed E-state index contributed by atoms with van der Waals surface area (Å²) in [6, 6.07) is 4.21. The van der Waals surface area contributed by atoms with Gasteiger partial charge in [0.25, 0.3) is 5.69 Å². The van der Waals surface area contributed by atoms with E-state index in [1.165, 1.54) is 23.1 Å². The normalized spacial score (nSPS) is 18.8. The van der Waals surface area contributed by atoms with Gasteiger partial charge in [0.2, 0.25) is 5.91 Å². The molecule has 2 rings (SSSR count). The van der Waals surface area contributed by atoms with Gasteiger partial charge in [-0.2, -0.15) is 0 Å². The lowest BCUT2D eigenvalue weighted by Crippen LogP contribution is -2.25. The van der Waals surface area contributed by atoms with Crippen LogP contribution in [0.15, 0.2) is 18.2 Å². The van der Waals surface area contributed by atoms with Crippen molar-refractivity contribution in [1.82, 2.24) is 0 Å². The van der Waals surface area contributed by atoms with Gasteiger partial charge < -0.3 is 4.90 Å². The van der Waals surface area contributed by atoms with E-state index in [2.05, 4.69) is 5.92 Å². The van der Waals surface area contributed by atoms with Crippen LogP contribution in [0.25, 0.3) is 0 Å². The molecule has 92 valence electrons. The molecule has 5 nitrogen and oxygen atoms in total. The zero-order valence-corrected chi connectivity index (χ0v) is 10.1. The molecule has 1 amide bonds. The number of hydrogen-bond acceptors (Lipinski definition) is 3. The number of halogens is 1. The molecule has 1 atom stereocenters. The van der Waals surface area contributed by atoms with E-state index in [-0.39, 0.29) is 34.6 Å². The lowest BCUT2D eigenvalue weighted by atomic mass is 10.1. The summed E-state index contributed by atoms with van der Waals surface area (Å²) in [5.41, 5.74) is 0.0562. The van der Waals surface area contributed by atoms with Crippen LogP contribution in [0.5, 0.6) is 0 Å². The molecule has 0 radical (unpaired) electrons. The number of nitrogens with zero attached hydrogens (tertiary/aromatic N) is 2. The van der Waals surface area contributed by atoms with Crippen LogP contribution in [0, 0.1) is 28.4 Å². The summed E-state index contributed by atoms with van der Waals surface area (Å²) in [6.07, 6.45) is 5.49. The van der Waals surface area contributed by atoms with Crippen LogP contribution in [-0.2, 0) is 4.79 Å². The fourth-order valence-corrected chi connectivity index (χ4v) is 2.09. The van der Waals surface area contributed by atoms with Crippen molar-refractivity contribution in [2.24, 2.45) is 5.92 Å². The Kier molecular flexibility index (Phi) is 3.21. The van der Waals surface area contributed by atoms with Crippen molar-refractivity contribution in [1.29, 1.82) is 0 Å². The van der Waals surface area contributed by atoms with Crippen LogP contribution in [0.1, 0.15) is 6.42 Å². The first-order valence-corrected chi connectivity index (χ1v) is 5.61. The number of carbonyl (C=O) groups excluding carboxylic acids is 1. The first-order valence-electron chi connectivity index (χ1n) is 5.23. The molecule has 0 aliphatic carbocycles. The van der Waals surface area contributed by atoms with Gasteiger partial charge in [-0.15, -0.1) is 12.3 Å². The van der Waals surface area contributed by atoms with Crippen LogP contribution in [0.2, 0.25) is 5.02 Å². The van der Waals surface area contributed by atoms with Gasteiger partial charge in [0.1, 0.15) is 5.69 Å². The maximum absolute atomic E-state index is 11.8. The summed E-state index contributed by atoms with van der Waals surface area (Å²) in [5.74, 6) is 2.09. The Balaban J connectivity index is 2.43. The predicted molar refractivity (Wildman–Crippen MR) is 67.4 cm³/mol. The third-order valence-corrected chi connectivity index (χ3v) is 3.02. The molecule has 6 heteroatoms. The fourth-order valence-electron chi connectivity index (χ4n) is 1.92. The van der Waals surface area contributed by atoms with Crippen LogP contribution >= 0.6 is 11.6 Å². The standard InChI is InChI=1S/C12H9ClN2O3/c1-2-8-5-12(16)14(7-8)10-4-3-9(13)6-11(10)15(17)18/h1,3-4,6,8H,5,7H2. The average Bonchev–Trinajstić information content (AvgIpc) is 2.70. The molecule has 0 N–H and O–H groups in total. The quantitative estimate of drug-likeness (QED) is 0.467. The molecule has 1 aliphatic rings. The minimum Gasteiger partial charge on any atom is -0.305 e. The van der Waals surface area contributed by atoms with Crippen molar-refractivity contribution in [3.8, 4) is 12.3 Å². The molecule has 1 aromatic carbocycles. The van der Waals surface area contributed by atoms with Crippen LogP contribution in [0.4, 0.5) is 11.4 Å². The Labute approximate surface area is 108 Å². The van der Waals surface area contributed by atoms with E-state index in [0.29, 0.717) is 6.54 Å². The van der Waals surface area contributed by atoms with Gasteiger partial charge in [-0.3, -0.25) is 14.9 Å². The molecule has 0 bridgehead atoms. The van der Waals surface area contributed by atoms with E-state index in [0.717, 1.165) is 0 Å². The van der Waals surface area contributed by atoms with E-state index in [9.17, 15) is 14.9 Å². The van der Waals surface area contributed by atoms with Gasteiger partial charge in [-0.25, -0.2) is 0 Å². The van der Waals surface area contributed by atoms with E-state index in [1.54, 1.807) is 0 Å². The lowest BCUT2D eigenvalue weighted by molar-refractivity contribution is -0.384. The van der Waals surface area contributed by atoms with Crippen molar-refractivity contribution >= 4 is 28.9 Å². The summed E-state index contributed by atoms with van der Waals surface area (Å²) in [5, 5.41) is 11.2. The molecule has 18 heavy (non-hydrogen) atoms. The van der Waals surface area contributed by atoms with Crippen molar-refractivity contribution in [2.45, 2.75) is 6.42 Å². The summed E-state index contributed by atoms with van der Waals surface area (Å²) < 4.78 is 0. The Morgan fingerprint density at radius 3 is 2.83 bits per heavy atom. The second-order valence-electron chi connectivity index (χ2n) is 3.96. The number of carbonyl (C=O) groups is 1. The zero-order chi connectivity index (χ0) is 13.3. The summed E-state index contributed by atoms with van der Waals surface area (Å²) in [6.45, 7) is 0.303. The Bertz CT molecular complexity index is 565. The number of amides is 1. The second kappa shape index (κ2) is 4.67. The largest absolute Gasteiger partial charge is 0.305 e. The van der Waals surface area contributed by atoms with E-state index in [4.69, 9.17) is 18.0 Å². The highest BCUT2D eigenvalue weighted by Crippen LogP contribution is 2.34. The molecule has 1 aliphatic heterocycles. The SMILES string of the molecule is C#CC1CC(=O)N(c2ccc(Cl)cc2[N+](=O)[O-])C1. The predicted octanol–water partition coefficient (Wildman–Crippen LogP) is 2.23. The fraction of sp³-hybridized carbons (Fsp3) is 0.250. The molecule has 1 saturated heterocycles. The number of hydrogen-bond donors (Lipinski definition) is 0. The Morgan fingerprint density at radius 2 is 2.28 bits per heavy atom. The molecule has 0 spiro atoms. The summed E-state index contributed by atoms with van der Waals surface area (Å²) in [4.78, 5) is 23.5. The van der Waals surface area contributed by atoms with Gasteiger partial charge in [0, 0.05) is 30.0 Å². The Morgan fingerprint density at radius 1 is 1.56 bits per heavy atom. The molecule has 1 fully saturated rings. The van der Waals surface area contributed by atoms with Crippen molar-refractivity contribution in [3.05, 3.63) is 33.3 Å². The highest BCUT2D eigenvalue weighted by atomic mass is 35.5. The summed E-state index contributed by atoms with van der Waals surface area (Å²) in [7, 11) is 0. The number of terminal acetylenes is 1. The second-order valence-corrected chi connectivity index (χ2v) is 4.40. The first-order chi connectivity index (χ1) is 8.52. The van der Waals surface area contributed by atoms with Gasteiger partial charge in [-0.1, -0.05) is 11.6 Å². The molecule has 1 heterocycles. The number of benzene rings is 1. The zero-order valence-electron chi connectivity index (χ0n) is 9.30. The van der Waals surface area contributed by atoms with E-state index in [1.807, 2.05) is 0 Å². The van der Waals surface area contributed by atoms with Gasteiger partial charge >= 0.3 is 0 Å². The smallest absolute Gasteiger partial charge is 0.294 e. The first kappa shape index (κ1) is 12.4. The van der Waals surface area contributed by atoms with E-state index >= 15 is 0 Å². The number of rotatable bonds is 2. The van der Waals surface area contributed by atoms with Crippen LogP contribution in [-0.4, -0.2) is 17.4 Å². The molecular formula is C12H9ClN2O3. The minimum absolute atomic E-state index is 0.187. The molecule has 1 unspecified atom stereocenters. The van der Waals surface area contributed by atoms with Gasteiger partial charge in [0.15, 0.2) is 0 Å². The minimum atomic E-state index is -0.558. The summed E-state index contributed by atoms with van der Waals surface area (Å²) >= 11 is 5.72. The number of nitro groups is 1. The maximum Gasteiger partial charge on any atom is 0.294 e. The van der Waals surface area contributed by atoms with Crippen LogP contribution in [0.3, 0.4) is 0 Å². The van der Waals surface area contributed by atoms with Crippen LogP contribution < -0.4 is 4.90 Å². The van der Waals surface area contributed by atoms with Gasteiger partial charge in [0.05, 0.1) is 4.92 Å². The van der Waals surface area contributed by atoms with Crippen molar-refractivity contribution < 1.29 is 9.72 Å². The monoisotopic (exact) mass is 264 g/mol. The molecule has 0 saturated carbocycles. The van der Waals surface area contributed by atoms with Crippen molar-refractivity contribution in [3.63, 3.8) is 0 Å². The number of nitro benzene ring substituents is 1. The highest BCUT2D eigenvalue weighted by molar-refractivity contribution is 6.31. The average molecular weight is 265 g/mol. The van der Waals surface area contributed by atoms with Crippen molar-refractivity contribution in [2.75, 3.05) is 11.4 Å². The highest BCUT2D eigenvalue weighted by Gasteiger charge is 2.33. The van der Waals surface area contributed by atoms with Gasteiger partial charge in [-0.05, 0) is 12.1 Å². The lowest BCUT2D eigenvalue weighted by Gasteiger charge is -2.15. The third-order valence-electron chi connectivity index (χ3n) is 2.79. The molecule has 1 aromatic rings. The Hall–Kier alpha value is -2.06. The molecule has 0 aromatic heterocycles. The van der Waals surface area contributed by atoms with E-state index < -0.39 is 4.92 Å². The maximum atomic E-state index is 11.8. The third kappa shape index (κ3) is 2.15. The topological polar surface area (TPSA) is 63.5 Å². The number of anilines is 1. The molecular weight excluding hydrogens is 256 g/mol.